The lowest BCUT2D eigenvalue weighted by Crippen LogP contribution is -2.15. The molecule has 0 aliphatic rings. The second-order valence-corrected chi connectivity index (χ2v) is 6.49. The van der Waals surface area contributed by atoms with Crippen LogP contribution in [0.4, 0.5) is 15.8 Å². The first-order valence-electron chi connectivity index (χ1n) is 6.51. The minimum Gasteiger partial charge on any atom is -0.323 e. The van der Waals surface area contributed by atoms with E-state index < -0.39 is 10.7 Å². The lowest BCUT2D eigenvalue weighted by atomic mass is 10.2. The van der Waals surface area contributed by atoms with Crippen LogP contribution in [-0.2, 0) is 10.5 Å². The van der Waals surface area contributed by atoms with Crippen molar-refractivity contribution in [2.75, 3.05) is 11.1 Å². The van der Waals surface area contributed by atoms with Crippen molar-refractivity contribution in [2.45, 2.75) is 5.75 Å². The topological polar surface area (TPSA) is 72.2 Å². The maximum Gasteiger partial charge on any atom is 0.269 e. The molecule has 0 fully saturated rings. The quantitative estimate of drug-likeness (QED) is 0.579. The van der Waals surface area contributed by atoms with Crippen LogP contribution in [0.15, 0.2) is 46.9 Å². The van der Waals surface area contributed by atoms with Gasteiger partial charge in [0.1, 0.15) is 5.82 Å². The Bertz CT molecular complexity index is 725. The molecule has 2 rings (SSSR count). The number of nitro benzene ring substituents is 1. The molecule has 0 atom stereocenters. The Hall–Kier alpha value is -1.93. The van der Waals surface area contributed by atoms with Gasteiger partial charge in [-0.3, -0.25) is 14.9 Å². The van der Waals surface area contributed by atoms with E-state index in [-0.39, 0.29) is 23.0 Å². The molecule has 5 nitrogen and oxygen atoms in total. The van der Waals surface area contributed by atoms with E-state index >= 15 is 0 Å². The number of hydrogen-bond acceptors (Lipinski definition) is 4. The lowest BCUT2D eigenvalue weighted by molar-refractivity contribution is -0.384. The number of nitro groups is 1. The van der Waals surface area contributed by atoms with Crippen LogP contribution >= 0.6 is 27.7 Å². The van der Waals surface area contributed by atoms with Crippen LogP contribution < -0.4 is 5.32 Å². The highest BCUT2D eigenvalue weighted by Gasteiger charge is 2.08. The van der Waals surface area contributed by atoms with Gasteiger partial charge in [0.05, 0.1) is 16.4 Å². The van der Waals surface area contributed by atoms with Crippen LogP contribution in [-0.4, -0.2) is 16.6 Å². The Morgan fingerprint density at radius 2 is 1.96 bits per heavy atom. The zero-order chi connectivity index (χ0) is 16.8. The van der Waals surface area contributed by atoms with Crippen molar-refractivity contribution >= 4 is 45.0 Å². The number of thioether (sulfide) groups is 1. The third-order valence-electron chi connectivity index (χ3n) is 2.85. The highest BCUT2D eigenvalue weighted by Crippen LogP contribution is 2.20. The fraction of sp³-hybridized carbons (Fsp3) is 0.133. The first-order chi connectivity index (χ1) is 11.0. The molecule has 1 N–H and O–H groups in total. The summed E-state index contributed by atoms with van der Waals surface area (Å²) in [6, 6.07) is 10.6. The van der Waals surface area contributed by atoms with Gasteiger partial charge in [-0.2, -0.15) is 0 Å². The van der Waals surface area contributed by atoms with E-state index in [0.717, 1.165) is 5.56 Å². The van der Waals surface area contributed by atoms with Gasteiger partial charge >= 0.3 is 0 Å². The molecule has 0 unspecified atom stereocenters. The summed E-state index contributed by atoms with van der Waals surface area (Å²) < 4.78 is 14.2. The second-order valence-electron chi connectivity index (χ2n) is 4.59. The van der Waals surface area contributed by atoms with E-state index in [2.05, 4.69) is 21.2 Å². The number of anilines is 1. The van der Waals surface area contributed by atoms with Gasteiger partial charge in [0.25, 0.3) is 5.69 Å². The molecule has 23 heavy (non-hydrogen) atoms. The molecule has 0 aliphatic carbocycles. The maximum atomic E-state index is 13.6. The predicted molar refractivity (Wildman–Crippen MR) is 92.0 cm³/mol. The number of hydrogen-bond donors (Lipinski definition) is 1. The van der Waals surface area contributed by atoms with Crippen LogP contribution in [0.5, 0.6) is 0 Å². The molecule has 0 bridgehead atoms. The van der Waals surface area contributed by atoms with Crippen LogP contribution in [0.1, 0.15) is 5.56 Å². The van der Waals surface area contributed by atoms with Crippen molar-refractivity contribution in [2.24, 2.45) is 0 Å². The number of nitrogens with one attached hydrogen (secondary N) is 1. The average molecular weight is 399 g/mol. The predicted octanol–water partition coefficient (Wildman–Crippen LogP) is 4.37. The van der Waals surface area contributed by atoms with Crippen molar-refractivity contribution in [3.05, 3.63) is 68.4 Å². The summed E-state index contributed by atoms with van der Waals surface area (Å²) in [5.74, 6) is -0.119. The summed E-state index contributed by atoms with van der Waals surface area (Å²) in [6.45, 7) is 0. The Kier molecular flexibility index (Phi) is 6.12. The largest absolute Gasteiger partial charge is 0.323 e. The summed E-state index contributed by atoms with van der Waals surface area (Å²) in [4.78, 5) is 21.9. The van der Waals surface area contributed by atoms with Crippen LogP contribution in [0.25, 0.3) is 0 Å². The number of rotatable bonds is 6. The highest BCUT2D eigenvalue weighted by atomic mass is 79.9. The zero-order valence-electron chi connectivity index (χ0n) is 11.8. The van der Waals surface area contributed by atoms with E-state index in [4.69, 9.17) is 0 Å². The Morgan fingerprint density at radius 1 is 1.26 bits per heavy atom. The molecule has 120 valence electrons. The lowest BCUT2D eigenvalue weighted by Gasteiger charge is -2.06. The minimum absolute atomic E-state index is 0.0298. The molecule has 0 aromatic heterocycles. The Morgan fingerprint density at radius 3 is 2.57 bits per heavy atom. The molecule has 0 spiro atoms. The minimum atomic E-state index is -0.506. The van der Waals surface area contributed by atoms with Crippen LogP contribution in [0, 0.1) is 15.9 Å². The van der Waals surface area contributed by atoms with Crippen molar-refractivity contribution in [3.8, 4) is 0 Å². The van der Waals surface area contributed by atoms with E-state index in [1.54, 1.807) is 18.2 Å². The smallest absolute Gasteiger partial charge is 0.269 e. The summed E-state index contributed by atoms with van der Waals surface area (Å²) in [5, 5.41) is 13.1. The number of carbonyl (C=O) groups is 1. The summed E-state index contributed by atoms with van der Waals surface area (Å²) in [5.41, 5.74) is 1.04. The molecule has 0 aliphatic heterocycles. The SMILES string of the molecule is O=C(CSCc1ccc([N+](=O)[O-])cc1)Nc1ccc(Br)cc1F. The van der Waals surface area contributed by atoms with Crippen molar-refractivity contribution in [1.82, 2.24) is 0 Å². The van der Waals surface area contributed by atoms with Crippen molar-refractivity contribution < 1.29 is 14.1 Å². The molecule has 0 radical (unpaired) electrons. The standard InChI is InChI=1S/C15H12BrFN2O3S/c16-11-3-6-14(13(17)7-11)18-15(20)9-23-8-10-1-4-12(5-2-10)19(21)22/h1-7H,8-9H2,(H,18,20). The molecule has 2 aromatic carbocycles. The Labute approximate surface area is 144 Å². The summed E-state index contributed by atoms with van der Waals surface area (Å²) >= 11 is 4.49. The average Bonchev–Trinajstić information content (AvgIpc) is 2.50. The molecule has 8 heteroatoms. The first-order valence-corrected chi connectivity index (χ1v) is 8.46. The molecule has 0 heterocycles. The zero-order valence-corrected chi connectivity index (χ0v) is 14.2. The number of nitrogens with zero attached hydrogens (tertiary/aromatic N) is 1. The third-order valence-corrected chi connectivity index (χ3v) is 4.35. The normalized spacial score (nSPS) is 10.3. The highest BCUT2D eigenvalue weighted by molar-refractivity contribution is 9.10. The number of non-ortho nitro benzene ring substituents is 1. The molecule has 2 aromatic rings. The number of carbonyl (C=O) groups excluding carboxylic acids is 1. The van der Waals surface area contributed by atoms with Gasteiger partial charge in [0.2, 0.25) is 5.91 Å². The maximum absolute atomic E-state index is 13.6. The first kappa shape index (κ1) is 17.4. The summed E-state index contributed by atoms with van der Waals surface area (Å²) in [6.07, 6.45) is 0. The van der Waals surface area contributed by atoms with Crippen LogP contribution in [0.2, 0.25) is 0 Å². The Balaban J connectivity index is 1.81. The van der Waals surface area contributed by atoms with Gasteiger partial charge in [0, 0.05) is 22.4 Å². The number of amides is 1. The van der Waals surface area contributed by atoms with E-state index in [1.165, 1.54) is 36.0 Å². The number of halogens is 2. The fourth-order valence-electron chi connectivity index (χ4n) is 1.75. The van der Waals surface area contributed by atoms with Gasteiger partial charge < -0.3 is 5.32 Å². The van der Waals surface area contributed by atoms with E-state index in [9.17, 15) is 19.3 Å². The van der Waals surface area contributed by atoms with Crippen molar-refractivity contribution in [1.29, 1.82) is 0 Å². The fourth-order valence-corrected chi connectivity index (χ4v) is 2.87. The monoisotopic (exact) mass is 398 g/mol. The molecule has 0 saturated carbocycles. The van der Waals surface area contributed by atoms with Gasteiger partial charge in [-0.15, -0.1) is 11.8 Å². The van der Waals surface area contributed by atoms with Crippen LogP contribution in [0.3, 0.4) is 0 Å². The van der Waals surface area contributed by atoms with Gasteiger partial charge in [-0.25, -0.2) is 4.39 Å². The van der Waals surface area contributed by atoms with Gasteiger partial charge in [0.15, 0.2) is 0 Å². The molecule has 1 amide bonds. The molecular weight excluding hydrogens is 387 g/mol. The third kappa shape index (κ3) is 5.33. The van der Waals surface area contributed by atoms with Gasteiger partial charge in [-0.1, -0.05) is 28.1 Å². The second kappa shape index (κ2) is 8.07. The molecule has 0 saturated heterocycles. The van der Waals surface area contributed by atoms with Gasteiger partial charge in [-0.05, 0) is 23.8 Å². The van der Waals surface area contributed by atoms with E-state index in [1.807, 2.05) is 0 Å². The van der Waals surface area contributed by atoms with Crippen molar-refractivity contribution in [3.63, 3.8) is 0 Å². The van der Waals surface area contributed by atoms with E-state index in [0.29, 0.717) is 10.2 Å². The summed E-state index contributed by atoms with van der Waals surface area (Å²) in [7, 11) is 0. The number of benzene rings is 2. The molecular formula is C15H12BrFN2O3S.